The Morgan fingerprint density at radius 2 is 1.22 bits per heavy atom. The van der Waals surface area contributed by atoms with Crippen molar-refractivity contribution in [1.29, 1.82) is 0 Å². The van der Waals surface area contributed by atoms with Crippen LogP contribution in [0.5, 0.6) is 0 Å². The third-order valence-electron chi connectivity index (χ3n) is 9.69. The normalized spacial score (nSPS) is 23.6. The first-order valence-electron chi connectivity index (χ1n) is 21.6. The molecule has 1 heterocycles. The summed E-state index contributed by atoms with van der Waals surface area (Å²) in [5, 5.41) is 54.0. The molecule has 49 heavy (non-hydrogen) atoms. The molecule has 1 amide bonds. The molecule has 0 aromatic rings. The quantitative estimate of drug-likeness (QED) is 0.0307. The van der Waals surface area contributed by atoms with Gasteiger partial charge in [0.1, 0.15) is 24.4 Å². The Bertz CT molecular complexity index is 878. The summed E-state index contributed by atoms with van der Waals surface area (Å²) in [5.74, 6) is -0.209. The number of carbonyl (C=O) groups is 1. The molecule has 1 fully saturated rings. The lowest BCUT2D eigenvalue weighted by Gasteiger charge is -2.40. The summed E-state index contributed by atoms with van der Waals surface area (Å²) >= 11 is 0. The summed E-state index contributed by atoms with van der Waals surface area (Å²) in [6, 6.07) is -0.824. The van der Waals surface area contributed by atoms with Crippen molar-refractivity contribution in [2.45, 2.75) is 224 Å². The zero-order valence-corrected chi connectivity index (χ0v) is 31.0. The van der Waals surface area contributed by atoms with Crippen LogP contribution < -0.4 is 5.32 Å². The van der Waals surface area contributed by atoms with Crippen LogP contribution >= 0.6 is 0 Å². The number of hydrogen-bond acceptors (Lipinski definition) is 8. The van der Waals surface area contributed by atoms with Crippen LogP contribution in [-0.2, 0) is 14.3 Å². The first-order chi connectivity index (χ1) is 25.0. The molecule has 6 N–H and O–H groups in total. The first kappa shape index (κ1) is 40.7. The highest BCUT2D eigenvalue weighted by Crippen LogP contribution is 2.22. The predicted molar refractivity (Wildman–Crippen MR) is 198 cm³/mol. The van der Waals surface area contributed by atoms with Gasteiger partial charge >= 0.3 is 0 Å². The summed E-state index contributed by atoms with van der Waals surface area (Å²) in [6.45, 7) is -0.343. The summed E-state index contributed by atoms with van der Waals surface area (Å²) in [6.07, 6.45) is 23.4. The van der Waals surface area contributed by atoms with Crippen LogP contribution in [0.3, 0.4) is 0 Å². The third-order valence-corrected chi connectivity index (χ3v) is 9.69. The van der Waals surface area contributed by atoms with E-state index in [4.69, 9.17) is 13.6 Å². The average Bonchev–Trinajstić information content (AvgIpc) is 3.11. The minimum Gasteiger partial charge on any atom is -0.394 e. The minimum absolute atomic E-state index is 0.208. The van der Waals surface area contributed by atoms with Crippen LogP contribution in [0.15, 0.2) is 12.2 Å². The Kier molecular flexibility index (Phi) is 26.3. The standard InChI is InChI=1S/C40H77NO8/c1-3-5-7-9-11-13-15-17-19-21-23-25-27-29-34(43)33(32-48-40-39(47)38(46)37(45)35(31-42)49-40)41-36(44)30-28-26-24-22-20-18-16-14-12-10-8-6-4-2/h27,29,33-35,37-40,42-43,45-47H,3-26,28,30-32H2,1-2H3,(H,41,44)/b29-27+/t33-,34+,35+,37+,38-,39+,40+/m0/s1/i2D3. The number of aliphatic hydroxyl groups excluding tert-OH is 5. The molecule has 0 radical (unpaired) electrons. The number of aliphatic hydroxyl groups is 5. The lowest BCUT2D eigenvalue weighted by molar-refractivity contribution is -0.302. The molecule has 1 rings (SSSR count). The van der Waals surface area contributed by atoms with Crippen molar-refractivity contribution in [3.8, 4) is 0 Å². The molecule has 0 aromatic heterocycles. The van der Waals surface area contributed by atoms with Crippen molar-refractivity contribution < 1.29 is 43.9 Å². The van der Waals surface area contributed by atoms with E-state index in [2.05, 4.69) is 12.2 Å². The SMILES string of the molecule is [2H]C([2H])([2H])CCCCCCCCCCCCCCC(=O)N[C@@H](CO[C@@H]1O[C@H](CO)[C@@H](O)[C@H](O)[C@H]1O)[C@H](O)/C=C/CCCCCCCCCCCCC. The van der Waals surface area contributed by atoms with Gasteiger partial charge in [-0.25, -0.2) is 0 Å². The van der Waals surface area contributed by atoms with Gasteiger partial charge in [0.15, 0.2) is 6.29 Å². The Morgan fingerprint density at radius 3 is 1.73 bits per heavy atom. The maximum atomic E-state index is 12.9. The van der Waals surface area contributed by atoms with E-state index in [-0.39, 0.29) is 12.5 Å². The van der Waals surface area contributed by atoms with E-state index in [0.717, 1.165) is 70.6 Å². The Balaban J connectivity index is 2.39. The third kappa shape index (κ3) is 23.2. The number of carbonyl (C=O) groups excluding carboxylic acids is 1. The zero-order valence-electron chi connectivity index (χ0n) is 34.0. The van der Waals surface area contributed by atoms with Crippen LogP contribution in [-0.4, -0.2) is 87.5 Å². The second-order valence-electron chi connectivity index (χ2n) is 14.2. The molecular weight excluding hydrogens is 622 g/mol. The summed E-state index contributed by atoms with van der Waals surface area (Å²) < 4.78 is 32.9. The van der Waals surface area contributed by atoms with E-state index in [0.29, 0.717) is 12.8 Å². The van der Waals surface area contributed by atoms with Crippen molar-refractivity contribution >= 4 is 5.91 Å². The molecule has 290 valence electrons. The highest BCUT2D eigenvalue weighted by Gasteiger charge is 2.44. The Morgan fingerprint density at radius 1 is 0.735 bits per heavy atom. The van der Waals surface area contributed by atoms with Crippen molar-refractivity contribution in [1.82, 2.24) is 5.32 Å². The molecule has 0 unspecified atom stereocenters. The molecular formula is C40H77NO8. The molecule has 9 heteroatoms. The van der Waals surface area contributed by atoms with Gasteiger partial charge in [-0.3, -0.25) is 4.79 Å². The van der Waals surface area contributed by atoms with Crippen molar-refractivity contribution in [3.63, 3.8) is 0 Å². The lowest BCUT2D eigenvalue weighted by atomic mass is 9.99. The Labute approximate surface area is 303 Å². The molecule has 1 aliphatic rings. The van der Waals surface area contributed by atoms with Gasteiger partial charge in [0.2, 0.25) is 5.91 Å². The largest absolute Gasteiger partial charge is 0.394 e. The minimum atomic E-state index is -1.80. The van der Waals surface area contributed by atoms with Gasteiger partial charge in [-0.05, 0) is 19.3 Å². The fourth-order valence-corrected chi connectivity index (χ4v) is 6.38. The van der Waals surface area contributed by atoms with Crippen LogP contribution in [0.2, 0.25) is 0 Å². The van der Waals surface area contributed by atoms with Gasteiger partial charge in [0.05, 0.1) is 25.4 Å². The molecule has 1 saturated heterocycles. The number of rotatable bonds is 33. The van der Waals surface area contributed by atoms with Gasteiger partial charge in [-0.2, -0.15) is 0 Å². The van der Waals surface area contributed by atoms with Crippen molar-refractivity contribution in [3.05, 3.63) is 12.2 Å². The van der Waals surface area contributed by atoms with E-state index < -0.39 is 56.3 Å². The van der Waals surface area contributed by atoms with E-state index in [1.54, 1.807) is 6.08 Å². The number of allylic oxidation sites excluding steroid dienone is 1. The number of amides is 1. The van der Waals surface area contributed by atoms with Gasteiger partial charge in [-0.1, -0.05) is 167 Å². The molecule has 0 spiro atoms. The molecule has 0 aromatic carbocycles. The van der Waals surface area contributed by atoms with Gasteiger partial charge in [-0.15, -0.1) is 0 Å². The van der Waals surface area contributed by atoms with E-state index in [9.17, 15) is 30.3 Å². The van der Waals surface area contributed by atoms with Crippen LogP contribution in [0.1, 0.15) is 185 Å². The zero-order chi connectivity index (χ0) is 38.5. The molecule has 0 saturated carbocycles. The Hall–Kier alpha value is -1.07. The highest BCUT2D eigenvalue weighted by molar-refractivity contribution is 5.76. The topological polar surface area (TPSA) is 149 Å². The number of unbranched alkanes of at least 4 members (excludes halogenated alkanes) is 22. The predicted octanol–water partition coefficient (Wildman–Crippen LogP) is 7.39. The van der Waals surface area contributed by atoms with E-state index in [1.165, 1.54) is 83.5 Å². The average molecular weight is 703 g/mol. The fourth-order valence-electron chi connectivity index (χ4n) is 6.38. The molecule has 1 aliphatic heterocycles. The molecule has 0 bridgehead atoms. The van der Waals surface area contributed by atoms with Gasteiger partial charge in [0, 0.05) is 10.5 Å². The highest BCUT2D eigenvalue weighted by atomic mass is 16.7. The molecule has 9 nitrogen and oxygen atoms in total. The monoisotopic (exact) mass is 703 g/mol. The van der Waals surface area contributed by atoms with Crippen molar-refractivity contribution in [2.75, 3.05) is 13.2 Å². The number of nitrogens with one attached hydrogen (secondary N) is 1. The fraction of sp³-hybridized carbons (Fsp3) is 0.925. The lowest BCUT2D eigenvalue weighted by Crippen LogP contribution is -2.60. The summed E-state index contributed by atoms with van der Waals surface area (Å²) in [4.78, 5) is 12.9. The first-order valence-corrected chi connectivity index (χ1v) is 20.1. The van der Waals surface area contributed by atoms with E-state index >= 15 is 0 Å². The molecule has 7 atom stereocenters. The van der Waals surface area contributed by atoms with Gasteiger partial charge < -0.3 is 40.3 Å². The van der Waals surface area contributed by atoms with Crippen LogP contribution in [0.4, 0.5) is 0 Å². The van der Waals surface area contributed by atoms with E-state index in [1.807, 2.05) is 6.08 Å². The maximum Gasteiger partial charge on any atom is 0.220 e. The van der Waals surface area contributed by atoms with Crippen LogP contribution in [0.25, 0.3) is 0 Å². The maximum absolute atomic E-state index is 12.9. The van der Waals surface area contributed by atoms with Crippen LogP contribution in [0, 0.1) is 0 Å². The second kappa shape index (κ2) is 31.6. The molecule has 0 aliphatic carbocycles. The number of hydrogen-bond donors (Lipinski definition) is 6. The van der Waals surface area contributed by atoms with Crippen molar-refractivity contribution in [2.24, 2.45) is 0 Å². The summed E-state index contributed by atoms with van der Waals surface area (Å²) in [7, 11) is 0. The smallest absolute Gasteiger partial charge is 0.220 e. The summed E-state index contributed by atoms with van der Waals surface area (Å²) in [5.41, 5.74) is 0. The van der Waals surface area contributed by atoms with Gasteiger partial charge in [0.25, 0.3) is 0 Å². The second-order valence-corrected chi connectivity index (χ2v) is 14.2. The number of ether oxygens (including phenoxy) is 2.